The van der Waals surface area contributed by atoms with Crippen molar-refractivity contribution in [3.8, 4) is 0 Å². The summed E-state index contributed by atoms with van der Waals surface area (Å²) in [5.41, 5.74) is 2.18. The van der Waals surface area contributed by atoms with Crippen molar-refractivity contribution < 1.29 is 9.53 Å². The number of nitrogens with zero attached hydrogens (tertiary/aromatic N) is 5. The van der Waals surface area contributed by atoms with Gasteiger partial charge in [-0.2, -0.15) is 0 Å². The summed E-state index contributed by atoms with van der Waals surface area (Å²) < 4.78 is 8.84. The Hall–Kier alpha value is -2.74. The standard InChI is InChI=1S/C17H22N6O2/c1-12-6-4-7-22-10-14(20-15(12)22)17(24)19-13(2)16-21-18-11-23(16)8-5-9-25-3/h4,6-7,10-11,13H,5,8-9H2,1-3H3,(H,19,24)/t13-/m0/s1. The van der Waals surface area contributed by atoms with Crippen molar-refractivity contribution in [2.24, 2.45) is 0 Å². The molecule has 3 rings (SSSR count). The number of aromatic nitrogens is 5. The van der Waals surface area contributed by atoms with Gasteiger partial charge in [-0.3, -0.25) is 4.79 Å². The van der Waals surface area contributed by atoms with Crippen LogP contribution in [0.5, 0.6) is 0 Å². The number of methoxy groups -OCH3 is 1. The minimum Gasteiger partial charge on any atom is -0.385 e. The maximum atomic E-state index is 12.5. The number of imidazole rings is 1. The average molecular weight is 342 g/mol. The fourth-order valence-corrected chi connectivity index (χ4v) is 2.75. The number of aryl methyl sites for hydroxylation is 2. The summed E-state index contributed by atoms with van der Waals surface area (Å²) in [7, 11) is 1.67. The monoisotopic (exact) mass is 342 g/mol. The van der Waals surface area contributed by atoms with E-state index in [1.807, 2.05) is 41.1 Å². The number of ether oxygens (including phenoxy) is 1. The third-order valence-electron chi connectivity index (χ3n) is 4.04. The Morgan fingerprint density at radius 1 is 1.44 bits per heavy atom. The molecule has 0 aliphatic carbocycles. The molecule has 3 aromatic rings. The molecule has 25 heavy (non-hydrogen) atoms. The lowest BCUT2D eigenvalue weighted by atomic mass is 10.3. The molecule has 0 aliphatic rings. The molecule has 0 spiro atoms. The van der Waals surface area contributed by atoms with Crippen molar-refractivity contribution in [3.05, 3.63) is 47.9 Å². The molecule has 3 aromatic heterocycles. The SMILES string of the molecule is COCCCn1cnnc1[C@H](C)NC(=O)c1cn2cccc(C)c2n1. The lowest BCUT2D eigenvalue weighted by molar-refractivity contribution is 0.0933. The van der Waals surface area contributed by atoms with Crippen LogP contribution in [-0.4, -0.2) is 43.8 Å². The molecule has 3 heterocycles. The Morgan fingerprint density at radius 2 is 2.28 bits per heavy atom. The van der Waals surface area contributed by atoms with Crippen LogP contribution in [0.15, 0.2) is 30.9 Å². The Balaban J connectivity index is 1.72. The highest BCUT2D eigenvalue weighted by atomic mass is 16.5. The normalized spacial score (nSPS) is 12.4. The molecule has 8 heteroatoms. The molecule has 0 saturated carbocycles. The molecule has 0 radical (unpaired) electrons. The quantitative estimate of drug-likeness (QED) is 0.661. The van der Waals surface area contributed by atoms with E-state index in [2.05, 4.69) is 20.5 Å². The molecule has 0 unspecified atom stereocenters. The molecular weight excluding hydrogens is 320 g/mol. The van der Waals surface area contributed by atoms with Crippen molar-refractivity contribution >= 4 is 11.6 Å². The highest BCUT2D eigenvalue weighted by Crippen LogP contribution is 2.13. The number of hydrogen-bond acceptors (Lipinski definition) is 5. The first-order chi connectivity index (χ1) is 12.1. The molecule has 8 nitrogen and oxygen atoms in total. The van der Waals surface area contributed by atoms with Gasteiger partial charge in [0.2, 0.25) is 0 Å². The summed E-state index contributed by atoms with van der Waals surface area (Å²) in [6, 6.07) is 3.62. The number of hydrogen-bond donors (Lipinski definition) is 1. The van der Waals surface area contributed by atoms with E-state index in [4.69, 9.17) is 4.74 Å². The Bertz CT molecular complexity index is 869. The van der Waals surface area contributed by atoms with E-state index in [1.165, 1.54) is 0 Å². The van der Waals surface area contributed by atoms with Crippen LogP contribution in [-0.2, 0) is 11.3 Å². The fraction of sp³-hybridized carbons (Fsp3) is 0.412. The van der Waals surface area contributed by atoms with Crippen LogP contribution in [0.2, 0.25) is 0 Å². The zero-order valence-electron chi connectivity index (χ0n) is 14.6. The van der Waals surface area contributed by atoms with Crippen LogP contribution < -0.4 is 5.32 Å². The lowest BCUT2D eigenvalue weighted by Gasteiger charge is -2.14. The minimum absolute atomic E-state index is 0.234. The predicted molar refractivity (Wildman–Crippen MR) is 92.3 cm³/mol. The van der Waals surface area contributed by atoms with Crippen molar-refractivity contribution in [2.45, 2.75) is 32.9 Å². The van der Waals surface area contributed by atoms with E-state index < -0.39 is 0 Å². The first kappa shape index (κ1) is 17.1. The van der Waals surface area contributed by atoms with Crippen LogP contribution in [0, 0.1) is 6.92 Å². The largest absolute Gasteiger partial charge is 0.385 e. The number of carbonyl (C=O) groups is 1. The molecule has 0 saturated heterocycles. The zero-order valence-corrected chi connectivity index (χ0v) is 14.6. The van der Waals surface area contributed by atoms with Crippen LogP contribution in [0.1, 0.15) is 41.3 Å². The van der Waals surface area contributed by atoms with Crippen molar-refractivity contribution in [3.63, 3.8) is 0 Å². The van der Waals surface area contributed by atoms with Gasteiger partial charge >= 0.3 is 0 Å². The van der Waals surface area contributed by atoms with Gasteiger partial charge in [-0.25, -0.2) is 4.98 Å². The summed E-state index contributed by atoms with van der Waals surface area (Å²) in [5.74, 6) is 0.478. The smallest absolute Gasteiger partial charge is 0.272 e. The maximum absolute atomic E-state index is 12.5. The molecule has 0 aromatic carbocycles. The summed E-state index contributed by atoms with van der Waals surface area (Å²) in [6.45, 7) is 5.26. The first-order valence-electron chi connectivity index (χ1n) is 8.22. The van der Waals surface area contributed by atoms with Gasteiger partial charge in [0.15, 0.2) is 5.82 Å². The number of fused-ring (bicyclic) bond motifs is 1. The van der Waals surface area contributed by atoms with Gasteiger partial charge < -0.3 is 19.0 Å². The Labute approximate surface area is 145 Å². The van der Waals surface area contributed by atoms with Crippen LogP contribution in [0.3, 0.4) is 0 Å². The second-order valence-corrected chi connectivity index (χ2v) is 5.97. The maximum Gasteiger partial charge on any atom is 0.272 e. The fourth-order valence-electron chi connectivity index (χ4n) is 2.75. The van der Waals surface area contributed by atoms with Gasteiger partial charge in [-0.15, -0.1) is 10.2 Å². The summed E-state index contributed by atoms with van der Waals surface area (Å²) in [6.07, 6.45) is 6.13. The van der Waals surface area contributed by atoms with E-state index in [-0.39, 0.29) is 11.9 Å². The number of amides is 1. The number of rotatable bonds is 7. The minimum atomic E-state index is -0.275. The van der Waals surface area contributed by atoms with Gasteiger partial charge in [0.05, 0.1) is 6.04 Å². The average Bonchev–Trinajstić information content (AvgIpc) is 3.22. The second kappa shape index (κ2) is 7.43. The molecule has 132 valence electrons. The second-order valence-electron chi connectivity index (χ2n) is 5.97. The van der Waals surface area contributed by atoms with Gasteiger partial charge in [0, 0.05) is 32.7 Å². The summed E-state index contributed by atoms with van der Waals surface area (Å²) in [4.78, 5) is 17.0. The van der Waals surface area contributed by atoms with E-state index in [0.717, 1.165) is 24.2 Å². The summed E-state index contributed by atoms with van der Waals surface area (Å²) in [5, 5.41) is 11.0. The van der Waals surface area contributed by atoms with Crippen molar-refractivity contribution in [2.75, 3.05) is 13.7 Å². The van der Waals surface area contributed by atoms with Gasteiger partial charge in [0.25, 0.3) is 5.91 Å². The molecule has 0 bridgehead atoms. The van der Waals surface area contributed by atoms with Gasteiger partial charge in [0.1, 0.15) is 17.7 Å². The zero-order chi connectivity index (χ0) is 17.8. The van der Waals surface area contributed by atoms with Gasteiger partial charge in [-0.05, 0) is 31.9 Å². The van der Waals surface area contributed by atoms with E-state index in [0.29, 0.717) is 18.1 Å². The van der Waals surface area contributed by atoms with E-state index in [1.54, 1.807) is 19.6 Å². The third-order valence-corrected chi connectivity index (χ3v) is 4.04. The molecular formula is C17H22N6O2. The van der Waals surface area contributed by atoms with E-state index in [9.17, 15) is 4.79 Å². The Kier molecular flexibility index (Phi) is 5.08. The van der Waals surface area contributed by atoms with E-state index >= 15 is 0 Å². The van der Waals surface area contributed by atoms with Crippen molar-refractivity contribution in [1.29, 1.82) is 0 Å². The molecule has 1 atom stereocenters. The van der Waals surface area contributed by atoms with Crippen molar-refractivity contribution in [1.82, 2.24) is 29.5 Å². The number of carbonyl (C=O) groups excluding carboxylic acids is 1. The molecule has 1 amide bonds. The number of nitrogens with one attached hydrogen (secondary N) is 1. The van der Waals surface area contributed by atoms with Crippen LogP contribution >= 0.6 is 0 Å². The summed E-state index contributed by atoms with van der Waals surface area (Å²) >= 11 is 0. The topological polar surface area (TPSA) is 86.3 Å². The highest BCUT2D eigenvalue weighted by molar-refractivity contribution is 5.93. The molecule has 0 fully saturated rings. The lowest BCUT2D eigenvalue weighted by Crippen LogP contribution is -2.29. The van der Waals surface area contributed by atoms with Crippen LogP contribution in [0.25, 0.3) is 5.65 Å². The van der Waals surface area contributed by atoms with Gasteiger partial charge in [-0.1, -0.05) is 6.07 Å². The molecule has 0 aliphatic heterocycles. The Morgan fingerprint density at radius 3 is 3.04 bits per heavy atom. The number of pyridine rings is 1. The predicted octanol–water partition coefficient (Wildman–Crippen LogP) is 1.76. The third kappa shape index (κ3) is 3.69. The highest BCUT2D eigenvalue weighted by Gasteiger charge is 2.18. The first-order valence-corrected chi connectivity index (χ1v) is 8.22. The van der Waals surface area contributed by atoms with Crippen LogP contribution in [0.4, 0.5) is 0 Å². The molecule has 1 N–H and O–H groups in total.